The lowest BCUT2D eigenvalue weighted by molar-refractivity contribution is -0.0379. The molecule has 3 aromatic rings. The molecule has 1 fully saturated rings. The molecular weight excluding hydrogens is 520 g/mol. The molecule has 0 bridgehead atoms. The fourth-order valence-corrected chi connectivity index (χ4v) is 7.17. The molecule has 0 spiro atoms. The lowest BCUT2D eigenvalue weighted by atomic mass is 9.93. The number of rotatable bonds is 5. The van der Waals surface area contributed by atoms with E-state index in [9.17, 15) is 9.59 Å². The van der Waals surface area contributed by atoms with Gasteiger partial charge in [-0.3, -0.25) is 14.2 Å². The molecule has 33 heavy (non-hydrogen) atoms. The summed E-state index contributed by atoms with van der Waals surface area (Å²) in [5, 5.41) is 1.43. The molecule has 1 aliphatic carbocycles. The zero-order chi connectivity index (χ0) is 23.2. The van der Waals surface area contributed by atoms with Crippen molar-refractivity contribution in [2.24, 2.45) is 0 Å². The molecule has 1 aliphatic heterocycles. The first-order chi connectivity index (χ1) is 15.8. The van der Waals surface area contributed by atoms with E-state index in [1.807, 2.05) is 28.8 Å². The van der Waals surface area contributed by atoms with Crippen molar-refractivity contribution in [3.8, 4) is 0 Å². The van der Waals surface area contributed by atoms with Gasteiger partial charge >= 0.3 is 0 Å². The number of ether oxygens (including phenoxy) is 1. The van der Waals surface area contributed by atoms with Crippen LogP contribution >= 0.6 is 39.0 Å². The predicted molar refractivity (Wildman–Crippen MR) is 138 cm³/mol. The number of hydrogen-bond acceptors (Lipinski definition) is 6. The van der Waals surface area contributed by atoms with Gasteiger partial charge in [-0.05, 0) is 44.4 Å². The molecule has 2 aromatic heterocycles. The number of thiophene rings is 1. The third-order valence-electron chi connectivity index (χ3n) is 6.54. The number of ketones is 1. The van der Waals surface area contributed by atoms with Crippen molar-refractivity contribution in [1.82, 2.24) is 9.55 Å². The first-order valence-electron chi connectivity index (χ1n) is 11.4. The Morgan fingerprint density at radius 1 is 1.24 bits per heavy atom. The fourth-order valence-electron chi connectivity index (χ4n) is 4.80. The van der Waals surface area contributed by atoms with E-state index in [0.29, 0.717) is 17.3 Å². The fraction of sp³-hybridized carbons (Fsp3) is 0.480. The summed E-state index contributed by atoms with van der Waals surface area (Å²) in [6.45, 7) is 4.67. The van der Waals surface area contributed by atoms with Crippen LogP contribution in [0.1, 0.15) is 72.8 Å². The SMILES string of the molecule is CC1(C)Cc2c(sc3nc(SCC(=O)c4ccc(Br)cc4)n(C4CCCCC4)c(=O)c23)CO1. The second-order valence-corrected chi connectivity index (χ2v) is 12.4. The first kappa shape index (κ1) is 23.3. The Hall–Kier alpha value is -1.48. The van der Waals surface area contributed by atoms with E-state index in [1.54, 1.807) is 11.3 Å². The highest BCUT2D eigenvalue weighted by atomic mass is 79.9. The monoisotopic (exact) mass is 546 g/mol. The third kappa shape index (κ3) is 4.72. The number of thioether (sulfide) groups is 1. The lowest BCUT2D eigenvalue weighted by Gasteiger charge is -2.30. The van der Waals surface area contributed by atoms with Crippen molar-refractivity contribution in [2.75, 3.05) is 5.75 Å². The van der Waals surface area contributed by atoms with Crippen molar-refractivity contribution < 1.29 is 9.53 Å². The molecule has 8 heteroatoms. The molecule has 2 aliphatic rings. The number of halogens is 1. The third-order valence-corrected chi connectivity index (χ3v) is 9.12. The van der Waals surface area contributed by atoms with E-state index in [0.717, 1.165) is 57.2 Å². The minimum atomic E-state index is -0.284. The molecule has 1 saturated carbocycles. The summed E-state index contributed by atoms with van der Waals surface area (Å²) in [7, 11) is 0. The van der Waals surface area contributed by atoms with Crippen molar-refractivity contribution in [1.29, 1.82) is 0 Å². The standard InChI is InChI=1S/C25H27BrN2O3S2/c1-25(2)12-18-20(13-31-25)33-22-21(18)23(30)28(17-6-4-3-5-7-17)24(27-22)32-14-19(29)15-8-10-16(26)11-9-15/h8-11,17H,3-7,12-14H2,1-2H3. The molecular formula is C25H27BrN2O3S2. The van der Waals surface area contributed by atoms with Gasteiger partial charge in [-0.2, -0.15) is 0 Å². The Kier molecular flexibility index (Phi) is 6.55. The van der Waals surface area contributed by atoms with Crippen LogP contribution in [0, 0.1) is 0 Å². The van der Waals surface area contributed by atoms with Gasteiger partial charge < -0.3 is 4.74 Å². The molecule has 0 radical (unpaired) electrons. The van der Waals surface area contributed by atoms with Crippen LogP contribution in [-0.2, 0) is 17.8 Å². The maximum absolute atomic E-state index is 13.9. The van der Waals surface area contributed by atoms with Crippen LogP contribution in [0.3, 0.4) is 0 Å². The zero-order valence-corrected chi connectivity index (χ0v) is 22.1. The van der Waals surface area contributed by atoms with E-state index in [1.165, 1.54) is 18.2 Å². The van der Waals surface area contributed by atoms with E-state index in [2.05, 4.69) is 29.8 Å². The Labute approximate surface area is 210 Å². The summed E-state index contributed by atoms with van der Waals surface area (Å²) < 4.78 is 8.85. The van der Waals surface area contributed by atoms with Gasteiger partial charge in [-0.15, -0.1) is 11.3 Å². The van der Waals surface area contributed by atoms with E-state index < -0.39 is 0 Å². The van der Waals surface area contributed by atoms with Gasteiger partial charge in [-0.25, -0.2) is 4.98 Å². The summed E-state index contributed by atoms with van der Waals surface area (Å²) in [4.78, 5) is 33.6. The van der Waals surface area contributed by atoms with Gasteiger partial charge in [0.15, 0.2) is 10.9 Å². The van der Waals surface area contributed by atoms with Crippen molar-refractivity contribution >= 4 is 55.0 Å². The minimum absolute atomic E-state index is 0.0395. The number of carbonyl (C=O) groups is 1. The van der Waals surface area contributed by atoms with Gasteiger partial charge in [0.25, 0.3) is 5.56 Å². The highest BCUT2D eigenvalue weighted by molar-refractivity contribution is 9.10. The number of nitrogens with zero attached hydrogens (tertiary/aromatic N) is 2. The number of Topliss-reactive ketones (excluding diaryl/α,β-unsaturated/α-hetero) is 1. The quantitative estimate of drug-likeness (QED) is 0.206. The van der Waals surface area contributed by atoms with Crippen LogP contribution < -0.4 is 5.56 Å². The smallest absolute Gasteiger partial charge is 0.263 e. The average molecular weight is 548 g/mol. The summed E-state index contributed by atoms with van der Waals surface area (Å²) in [5.74, 6) is 0.297. The lowest BCUT2D eigenvalue weighted by Crippen LogP contribution is -2.33. The molecule has 174 valence electrons. The van der Waals surface area contributed by atoms with Crippen LogP contribution in [0.15, 0.2) is 38.7 Å². The summed E-state index contributed by atoms with van der Waals surface area (Å²) >= 11 is 6.37. The molecule has 0 atom stereocenters. The maximum atomic E-state index is 13.9. The molecule has 0 amide bonds. The number of fused-ring (bicyclic) bond motifs is 3. The Bertz CT molecular complexity index is 1260. The number of hydrogen-bond donors (Lipinski definition) is 0. The minimum Gasteiger partial charge on any atom is -0.370 e. The molecule has 0 unspecified atom stereocenters. The van der Waals surface area contributed by atoms with E-state index in [4.69, 9.17) is 9.72 Å². The molecule has 1 aromatic carbocycles. The van der Waals surface area contributed by atoms with Crippen molar-refractivity contribution in [3.05, 3.63) is 55.1 Å². The number of benzene rings is 1. The van der Waals surface area contributed by atoms with Crippen molar-refractivity contribution in [2.45, 2.75) is 75.8 Å². The maximum Gasteiger partial charge on any atom is 0.263 e. The molecule has 0 saturated heterocycles. The second kappa shape index (κ2) is 9.29. The van der Waals surface area contributed by atoms with E-state index >= 15 is 0 Å². The van der Waals surface area contributed by atoms with Crippen molar-refractivity contribution in [3.63, 3.8) is 0 Å². The average Bonchev–Trinajstić information content (AvgIpc) is 3.15. The molecule has 0 N–H and O–H groups in total. The van der Waals surface area contributed by atoms with Crippen LogP contribution in [-0.4, -0.2) is 26.7 Å². The highest BCUT2D eigenvalue weighted by Crippen LogP contribution is 2.39. The summed E-state index contributed by atoms with van der Waals surface area (Å²) in [6, 6.07) is 7.55. The molecule has 5 rings (SSSR count). The van der Waals surface area contributed by atoms with Gasteiger partial charge in [0, 0.05) is 27.4 Å². The Balaban J connectivity index is 1.54. The van der Waals surface area contributed by atoms with Crippen LogP contribution in [0.5, 0.6) is 0 Å². The molecule has 3 heterocycles. The van der Waals surface area contributed by atoms with Gasteiger partial charge in [0.05, 0.1) is 23.3 Å². The topological polar surface area (TPSA) is 61.2 Å². The Morgan fingerprint density at radius 2 is 1.97 bits per heavy atom. The van der Waals surface area contributed by atoms with Crippen LogP contribution in [0.4, 0.5) is 0 Å². The summed E-state index contributed by atoms with van der Waals surface area (Å²) in [6.07, 6.45) is 6.16. The van der Waals surface area contributed by atoms with Gasteiger partial charge in [-0.1, -0.05) is 59.1 Å². The Morgan fingerprint density at radius 3 is 2.70 bits per heavy atom. The molecule has 5 nitrogen and oxygen atoms in total. The number of aromatic nitrogens is 2. The van der Waals surface area contributed by atoms with Gasteiger partial charge in [0.2, 0.25) is 0 Å². The van der Waals surface area contributed by atoms with E-state index in [-0.39, 0.29) is 28.7 Å². The second-order valence-electron chi connectivity index (χ2n) is 9.49. The van der Waals surface area contributed by atoms with Crippen LogP contribution in [0.25, 0.3) is 10.2 Å². The summed E-state index contributed by atoms with van der Waals surface area (Å²) in [5.41, 5.74) is 1.55. The van der Waals surface area contributed by atoms with Gasteiger partial charge in [0.1, 0.15) is 4.83 Å². The number of carbonyl (C=O) groups excluding carboxylic acids is 1. The van der Waals surface area contributed by atoms with Crippen LogP contribution in [0.2, 0.25) is 0 Å². The zero-order valence-electron chi connectivity index (χ0n) is 18.9. The highest BCUT2D eigenvalue weighted by Gasteiger charge is 2.32. The predicted octanol–water partition coefficient (Wildman–Crippen LogP) is 6.55. The largest absolute Gasteiger partial charge is 0.370 e. The normalized spacial score (nSPS) is 18.4. The first-order valence-corrected chi connectivity index (χ1v) is 14.0.